The molecular formula is C12H12F3NO2S. The molecule has 1 aromatic carbocycles. The summed E-state index contributed by atoms with van der Waals surface area (Å²) in [5.74, 6) is 0.172. The first-order valence-electron chi connectivity index (χ1n) is 5.61. The number of carboxylic acid groups (broad SMARTS) is 1. The van der Waals surface area contributed by atoms with Gasteiger partial charge in [0.2, 0.25) is 0 Å². The Kier molecular flexibility index (Phi) is 4.05. The quantitative estimate of drug-likeness (QED) is 0.879. The van der Waals surface area contributed by atoms with Gasteiger partial charge in [-0.25, -0.2) is 0 Å². The van der Waals surface area contributed by atoms with E-state index in [2.05, 4.69) is 5.32 Å². The second-order valence-electron chi connectivity index (χ2n) is 4.27. The van der Waals surface area contributed by atoms with Crippen LogP contribution in [-0.2, 0) is 11.0 Å². The van der Waals surface area contributed by atoms with Crippen LogP contribution in [0.15, 0.2) is 24.3 Å². The van der Waals surface area contributed by atoms with Crippen molar-refractivity contribution < 1.29 is 23.1 Å². The van der Waals surface area contributed by atoms with E-state index in [0.717, 1.165) is 12.1 Å². The molecule has 1 aromatic rings. The smallest absolute Gasteiger partial charge is 0.416 e. The largest absolute Gasteiger partial charge is 0.480 e. The molecular weight excluding hydrogens is 279 g/mol. The summed E-state index contributed by atoms with van der Waals surface area (Å²) in [6, 6.07) is 3.93. The first-order valence-corrected chi connectivity index (χ1v) is 6.77. The fourth-order valence-corrected chi connectivity index (χ4v) is 3.02. The van der Waals surface area contributed by atoms with Crippen LogP contribution in [0.3, 0.4) is 0 Å². The van der Waals surface area contributed by atoms with Gasteiger partial charge in [0.05, 0.1) is 5.56 Å². The highest BCUT2D eigenvalue weighted by atomic mass is 32.2. The van der Waals surface area contributed by atoms with Crippen molar-refractivity contribution in [1.82, 2.24) is 5.32 Å². The lowest BCUT2D eigenvalue weighted by Gasteiger charge is -2.28. The summed E-state index contributed by atoms with van der Waals surface area (Å²) in [5, 5.41) is 11.9. The van der Waals surface area contributed by atoms with E-state index in [1.165, 1.54) is 23.9 Å². The lowest BCUT2D eigenvalue weighted by Crippen LogP contribution is -2.45. The average molecular weight is 291 g/mol. The maximum absolute atomic E-state index is 12.4. The van der Waals surface area contributed by atoms with Gasteiger partial charge in [0.25, 0.3) is 0 Å². The fraction of sp³-hybridized carbons (Fsp3) is 0.417. The van der Waals surface area contributed by atoms with Crippen molar-refractivity contribution in [3.8, 4) is 0 Å². The molecule has 0 amide bonds. The first-order chi connectivity index (χ1) is 8.88. The standard InChI is InChI=1S/C12H12F3NO2S/c13-12(14,15)8-3-1-7(2-4-8)9-5-19-6-10(16-9)11(17)18/h1-4,9-10,16H,5-6H2,(H,17,18). The normalized spacial score (nSPS) is 24.2. The number of carbonyl (C=O) groups is 1. The molecule has 0 saturated carbocycles. The van der Waals surface area contributed by atoms with Crippen LogP contribution < -0.4 is 5.32 Å². The number of thioether (sulfide) groups is 1. The number of hydrogen-bond acceptors (Lipinski definition) is 3. The van der Waals surface area contributed by atoms with Crippen LogP contribution in [-0.4, -0.2) is 28.6 Å². The highest BCUT2D eigenvalue weighted by molar-refractivity contribution is 7.99. The summed E-state index contributed by atoms with van der Waals surface area (Å²) in [4.78, 5) is 10.9. The summed E-state index contributed by atoms with van der Waals surface area (Å²) in [5.41, 5.74) is -0.0269. The van der Waals surface area contributed by atoms with E-state index in [9.17, 15) is 18.0 Å². The topological polar surface area (TPSA) is 49.3 Å². The SMILES string of the molecule is O=C(O)C1CSCC(c2ccc(C(F)(F)F)cc2)N1. The van der Waals surface area contributed by atoms with Gasteiger partial charge in [0, 0.05) is 17.5 Å². The van der Waals surface area contributed by atoms with Gasteiger partial charge >= 0.3 is 12.1 Å². The van der Waals surface area contributed by atoms with E-state index in [1.807, 2.05) is 0 Å². The highest BCUT2D eigenvalue weighted by Crippen LogP contribution is 2.31. The zero-order chi connectivity index (χ0) is 14.0. The molecule has 1 heterocycles. The van der Waals surface area contributed by atoms with E-state index < -0.39 is 23.8 Å². The molecule has 104 valence electrons. The lowest BCUT2D eigenvalue weighted by atomic mass is 10.0. The Hall–Kier alpha value is -1.21. The minimum absolute atomic E-state index is 0.234. The van der Waals surface area contributed by atoms with Gasteiger partial charge < -0.3 is 5.11 Å². The van der Waals surface area contributed by atoms with Gasteiger partial charge in [-0.1, -0.05) is 12.1 Å². The Morgan fingerprint density at radius 2 is 1.89 bits per heavy atom. The number of alkyl halides is 3. The van der Waals surface area contributed by atoms with Crippen LogP contribution in [0.2, 0.25) is 0 Å². The molecule has 0 spiro atoms. The number of nitrogens with one attached hydrogen (secondary N) is 1. The summed E-state index contributed by atoms with van der Waals surface area (Å²) in [6.07, 6.45) is -4.35. The van der Waals surface area contributed by atoms with Gasteiger partial charge in [0.15, 0.2) is 0 Å². The van der Waals surface area contributed by atoms with Crippen LogP contribution in [0.4, 0.5) is 13.2 Å². The average Bonchev–Trinajstić information content (AvgIpc) is 2.38. The van der Waals surface area contributed by atoms with E-state index >= 15 is 0 Å². The molecule has 1 fully saturated rings. The summed E-state index contributed by atoms with van der Waals surface area (Å²) in [7, 11) is 0. The molecule has 2 atom stereocenters. The van der Waals surface area contributed by atoms with Gasteiger partial charge in [-0.2, -0.15) is 24.9 Å². The van der Waals surface area contributed by atoms with Crippen molar-refractivity contribution in [3.63, 3.8) is 0 Å². The zero-order valence-corrected chi connectivity index (χ0v) is 10.6. The second-order valence-corrected chi connectivity index (χ2v) is 5.34. The molecule has 3 nitrogen and oxygen atoms in total. The molecule has 0 aromatic heterocycles. The number of rotatable bonds is 2. The van der Waals surface area contributed by atoms with Crippen LogP contribution >= 0.6 is 11.8 Å². The number of hydrogen-bond donors (Lipinski definition) is 2. The molecule has 2 unspecified atom stereocenters. The van der Waals surface area contributed by atoms with Crippen molar-refractivity contribution >= 4 is 17.7 Å². The molecule has 2 rings (SSSR count). The minimum atomic E-state index is -4.35. The predicted molar refractivity (Wildman–Crippen MR) is 66.1 cm³/mol. The molecule has 1 saturated heterocycles. The van der Waals surface area contributed by atoms with Gasteiger partial charge in [-0.3, -0.25) is 10.1 Å². The molecule has 2 N–H and O–H groups in total. The van der Waals surface area contributed by atoms with Crippen molar-refractivity contribution in [1.29, 1.82) is 0 Å². The molecule has 0 radical (unpaired) electrons. The van der Waals surface area contributed by atoms with Crippen molar-refractivity contribution in [3.05, 3.63) is 35.4 Å². The van der Waals surface area contributed by atoms with Crippen LogP contribution in [0.1, 0.15) is 17.2 Å². The summed E-state index contributed by atoms with van der Waals surface area (Å²) < 4.78 is 37.3. The molecule has 19 heavy (non-hydrogen) atoms. The Morgan fingerprint density at radius 3 is 2.42 bits per heavy atom. The maximum atomic E-state index is 12.4. The van der Waals surface area contributed by atoms with Crippen LogP contribution in [0.5, 0.6) is 0 Å². The van der Waals surface area contributed by atoms with Crippen LogP contribution in [0, 0.1) is 0 Å². The Labute approximate surface area is 112 Å². The third kappa shape index (κ3) is 3.42. The number of benzene rings is 1. The fourth-order valence-electron chi connectivity index (χ4n) is 1.88. The van der Waals surface area contributed by atoms with E-state index in [1.54, 1.807) is 0 Å². The van der Waals surface area contributed by atoms with E-state index in [4.69, 9.17) is 5.11 Å². The molecule has 1 aliphatic rings. The minimum Gasteiger partial charge on any atom is -0.480 e. The van der Waals surface area contributed by atoms with Gasteiger partial charge in [0.1, 0.15) is 6.04 Å². The van der Waals surface area contributed by atoms with Gasteiger partial charge in [-0.05, 0) is 17.7 Å². The maximum Gasteiger partial charge on any atom is 0.416 e. The Morgan fingerprint density at radius 1 is 1.26 bits per heavy atom. The molecule has 7 heteroatoms. The third-order valence-electron chi connectivity index (χ3n) is 2.91. The molecule has 0 bridgehead atoms. The summed E-state index contributed by atoms with van der Waals surface area (Å²) >= 11 is 1.48. The number of halogens is 3. The number of aliphatic carboxylic acids is 1. The summed E-state index contributed by atoms with van der Waals surface area (Å²) in [6.45, 7) is 0. The van der Waals surface area contributed by atoms with Crippen molar-refractivity contribution in [2.24, 2.45) is 0 Å². The third-order valence-corrected chi connectivity index (χ3v) is 4.05. The zero-order valence-electron chi connectivity index (χ0n) is 9.78. The Balaban J connectivity index is 2.12. The molecule has 0 aliphatic carbocycles. The lowest BCUT2D eigenvalue weighted by molar-refractivity contribution is -0.139. The Bertz CT molecular complexity index is 461. The first kappa shape index (κ1) is 14.2. The predicted octanol–water partition coefficient (Wildman–Crippen LogP) is 2.54. The highest BCUT2D eigenvalue weighted by Gasteiger charge is 2.31. The van der Waals surface area contributed by atoms with Gasteiger partial charge in [-0.15, -0.1) is 0 Å². The van der Waals surface area contributed by atoms with Crippen molar-refractivity contribution in [2.45, 2.75) is 18.3 Å². The number of carboxylic acids is 1. The van der Waals surface area contributed by atoms with Crippen molar-refractivity contribution in [2.75, 3.05) is 11.5 Å². The molecule has 1 aliphatic heterocycles. The second kappa shape index (κ2) is 5.42. The van der Waals surface area contributed by atoms with E-state index in [0.29, 0.717) is 17.1 Å². The van der Waals surface area contributed by atoms with E-state index in [-0.39, 0.29) is 6.04 Å². The van der Waals surface area contributed by atoms with Crippen LogP contribution in [0.25, 0.3) is 0 Å². The monoisotopic (exact) mass is 291 g/mol.